The fraction of sp³-hybridized carbons (Fsp3) is 0.400. The van der Waals surface area contributed by atoms with E-state index in [-0.39, 0.29) is 11.6 Å². The molecule has 0 saturated heterocycles. The number of rotatable bonds is 1. The van der Waals surface area contributed by atoms with Gasteiger partial charge in [0.05, 0.1) is 11.2 Å². The minimum Gasteiger partial charge on any atom is -0.383 e. The van der Waals surface area contributed by atoms with Gasteiger partial charge in [-0.05, 0) is 0 Å². The Morgan fingerprint density at radius 1 is 1.54 bits per heavy atom. The van der Waals surface area contributed by atoms with E-state index < -0.39 is 24.1 Å². The van der Waals surface area contributed by atoms with Crippen molar-refractivity contribution in [2.45, 2.75) is 6.92 Å². The molecular weight excluding hydrogens is 216 g/mol. The number of nitrogens with two attached hydrogens (primary N) is 1. The molecule has 1 aliphatic rings. The van der Waals surface area contributed by atoms with Gasteiger partial charge in [0.15, 0.2) is 0 Å². The van der Waals surface area contributed by atoms with E-state index in [4.69, 9.17) is 5.73 Å². The van der Waals surface area contributed by atoms with Gasteiger partial charge in [0.25, 0.3) is 4.38 Å². The van der Waals surface area contributed by atoms with Crippen LogP contribution < -0.4 is 5.73 Å². The molecule has 74 valence electrons. The third-order valence-corrected chi connectivity index (χ3v) is 5.36. The fourth-order valence-electron chi connectivity index (χ4n) is 0.775. The van der Waals surface area contributed by atoms with Gasteiger partial charge in [-0.3, -0.25) is 0 Å². The second-order valence-corrected chi connectivity index (χ2v) is 6.53. The Bertz CT molecular complexity index is 483. The minimum atomic E-state index is -3.93. The molecule has 13 heavy (non-hydrogen) atoms. The summed E-state index contributed by atoms with van der Waals surface area (Å²) in [7, 11) is -7.74. The van der Waals surface area contributed by atoms with Crippen LogP contribution in [0.15, 0.2) is 16.2 Å². The summed E-state index contributed by atoms with van der Waals surface area (Å²) in [6.07, 6.45) is 0. The van der Waals surface area contributed by atoms with E-state index in [1.165, 1.54) is 6.92 Å². The Hall–Kier alpha value is -0.890. The molecule has 0 atom stereocenters. The molecule has 0 bridgehead atoms. The molecule has 6 nitrogen and oxygen atoms in total. The van der Waals surface area contributed by atoms with Crippen LogP contribution in [0.25, 0.3) is 0 Å². The third kappa shape index (κ3) is 1.73. The zero-order chi connectivity index (χ0) is 10.3. The van der Waals surface area contributed by atoms with Crippen molar-refractivity contribution in [3.05, 3.63) is 11.2 Å². The van der Waals surface area contributed by atoms with Gasteiger partial charge in [0.2, 0.25) is 19.7 Å². The van der Waals surface area contributed by atoms with Gasteiger partial charge in [0, 0.05) is 0 Å². The van der Waals surface area contributed by atoms with Crippen LogP contribution in [-0.4, -0.2) is 27.0 Å². The minimum absolute atomic E-state index is 0.299. The highest BCUT2D eigenvalue weighted by molar-refractivity contribution is 8.32. The first-order valence-corrected chi connectivity index (χ1v) is 6.53. The normalized spacial score (nSPS) is 21.0. The lowest BCUT2D eigenvalue weighted by Crippen LogP contribution is -2.22. The van der Waals surface area contributed by atoms with Crippen LogP contribution in [0.4, 0.5) is 0 Å². The summed E-state index contributed by atoms with van der Waals surface area (Å²) in [6, 6.07) is 0. The molecule has 1 heterocycles. The largest absolute Gasteiger partial charge is 0.383 e. The van der Waals surface area contributed by atoms with E-state index in [0.717, 1.165) is 0 Å². The van der Waals surface area contributed by atoms with Crippen molar-refractivity contribution in [3.63, 3.8) is 0 Å². The summed E-state index contributed by atoms with van der Waals surface area (Å²) in [5.41, 5.74) is 5.08. The predicted molar refractivity (Wildman–Crippen MR) is 48.1 cm³/mol. The summed E-state index contributed by atoms with van der Waals surface area (Å²) in [5, 5.41) is 0.634. The van der Waals surface area contributed by atoms with E-state index >= 15 is 0 Å². The quantitative estimate of drug-likeness (QED) is 0.612. The standard InChI is InChI=1S/C5H8N2O4S2/c1-2-12(8,9)5-7-4(6)3-13(5,10)11/h3H,2,6H2,1H3. The zero-order valence-corrected chi connectivity index (χ0v) is 8.39. The number of hydrogen-bond donors (Lipinski definition) is 1. The molecule has 0 aromatic heterocycles. The maximum atomic E-state index is 11.2. The lowest BCUT2D eigenvalue weighted by Gasteiger charge is -1.97. The van der Waals surface area contributed by atoms with Gasteiger partial charge in [-0.1, -0.05) is 6.92 Å². The lowest BCUT2D eigenvalue weighted by atomic mass is 10.9. The number of aliphatic imine (C=N–C) groups is 1. The predicted octanol–water partition coefficient (Wildman–Crippen LogP) is -1.04. The first kappa shape index (κ1) is 10.2. The third-order valence-electron chi connectivity index (χ3n) is 1.39. The molecule has 1 aliphatic heterocycles. The smallest absolute Gasteiger partial charge is 0.254 e. The Kier molecular flexibility index (Phi) is 2.20. The van der Waals surface area contributed by atoms with Gasteiger partial charge in [0.1, 0.15) is 5.82 Å². The molecule has 0 fully saturated rings. The van der Waals surface area contributed by atoms with Crippen molar-refractivity contribution in [2.75, 3.05) is 5.75 Å². The van der Waals surface area contributed by atoms with E-state index in [9.17, 15) is 16.8 Å². The zero-order valence-electron chi connectivity index (χ0n) is 6.76. The van der Waals surface area contributed by atoms with Gasteiger partial charge in [-0.15, -0.1) is 0 Å². The molecule has 8 heteroatoms. The summed E-state index contributed by atoms with van der Waals surface area (Å²) in [5.74, 6) is -0.612. The summed E-state index contributed by atoms with van der Waals surface area (Å²) >= 11 is 0. The van der Waals surface area contributed by atoms with Crippen LogP contribution in [0.1, 0.15) is 6.92 Å². The molecular formula is C5H8N2O4S2. The van der Waals surface area contributed by atoms with Crippen molar-refractivity contribution in [3.8, 4) is 0 Å². The van der Waals surface area contributed by atoms with E-state index in [1.54, 1.807) is 0 Å². The van der Waals surface area contributed by atoms with Crippen LogP contribution in [0.2, 0.25) is 0 Å². The van der Waals surface area contributed by atoms with Crippen molar-refractivity contribution in [1.82, 2.24) is 0 Å². The van der Waals surface area contributed by atoms with Crippen molar-refractivity contribution in [1.29, 1.82) is 0 Å². The maximum Gasteiger partial charge on any atom is 0.254 e. The molecule has 0 aliphatic carbocycles. The molecule has 0 aromatic carbocycles. The first-order chi connectivity index (χ1) is 5.79. The highest BCUT2D eigenvalue weighted by Gasteiger charge is 2.34. The van der Waals surface area contributed by atoms with Gasteiger partial charge in [-0.2, -0.15) is 0 Å². The Morgan fingerprint density at radius 2 is 2.08 bits per heavy atom. The first-order valence-electron chi connectivity index (χ1n) is 3.33. The van der Waals surface area contributed by atoms with E-state index in [0.29, 0.717) is 5.41 Å². The monoisotopic (exact) mass is 224 g/mol. The highest BCUT2D eigenvalue weighted by Crippen LogP contribution is 2.15. The Morgan fingerprint density at radius 3 is 2.38 bits per heavy atom. The number of sulfone groups is 2. The van der Waals surface area contributed by atoms with Gasteiger partial charge in [-0.25, -0.2) is 21.8 Å². The fourth-order valence-corrected chi connectivity index (χ4v) is 3.88. The van der Waals surface area contributed by atoms with E-state index in [1.807, 2.05) is 0 Å². The van der Waals surface area contributed by atoms with Crippen LogP contribution in [-0.2, 0) is 19.7 Å². The average Bonchev–Trinajstić information content (AvgIpc) is 2.25. The highest BCUT2D eigenvalue weighted by atomic mass is 32.3. The Balaban J connectivity index is 3.37. The number of hydrogen-bond acceptors (Lipinski definition) is 6. The lowest BCUT2D eigenvalue weighted by molar-refractivity contribution is 0.606. The van der Waals surface area contributed by atoms with Crippen molar-refractivity contribution in [2.24, 2.45) is 10.7 Å². The van der Waals surface area contributed by atoms with Crippen LogP contribution in [0.5, 0.6) is 0 Å². The molecule has 0 saturated carbocycles. The molecule has 2 N–H and O–H groups in total. The van der Waals surface area contributed by atoms with Crippen molar-refractivity contribution >= 4 is 24.1 Å². The number of nitrogens with zero attached hydrogens (tertiary/aromatic N) is 1. The summed E-state index contributed by atoms with van der Waals surface area (Å²) in [4.78, 5) is 3.26. The SMILES string of the molecule is CCS(=O)(=O)C1=NC(N)=CS1(=O)=O. The molecule has 0 amide bonds. The Labute approximate surface area is 76.0 Å². The summed E-state index contributed by atoms with van der Waals surface area (Å²) in [6.45, 7) is 1.34. The van der Waals surface area contributed by atoms with Gasteiger partial charge >= 0.3 is 0 Å². The van der Waals surface area contributed by atoms with Crippen LogP contribution in [0.3, 0.4) is 0 Å². The second kappa shape index (κ2) is 2.81. The second-order valence-electron chi connectivity index (χ2n) is 2.37. The molecule has 1 rings (SSSR count). The van der Waals surface area contributed by atoms with Crippen molar-refractivity contribution < 1.29 is 16.8 Å². The maximum absolute atomic E-state index is 11.2. The molecule has 0 spiro atoms. The van der Waals surface area contributed by atoms with Crippen LogP contribution in [0, 0.1) is 0 Å². The molecule has 0 radical (unpaired) electrons. The molecule has 0 aromatic rings. The van der Waals surface area contributed by atoms with Gasteiger partial charge < -0.3 is 5.73 Å². The summed E-state index contributed by atoms with van der Waals surface area (Å²) < 4.78 is 43.7. The molecule has 0 unspecified atom stereocenters. The van der Waals surface area contributed by atoms with Crippen LogP contribution >= 0.6 is 0 Å². The van der Waals surface area contributed by atoms with E-state index in [2.05, 4.69) is 4.99 Å². The average molecular weight is 224 g/mol. The topological polar surface area (TPSA) is 107 Å².